The minimum Gasteiger partial charge on any atom is -0.381 e. The van der Waals surface area contributed by atoms with Crippen LogP contribution in [-0.4, -0.2) is 13.2 Å². The molecule has 0 spiro atoms. The number of ether oxygens (including phenoxy) is 1. The molecule has 4 heteroatoms. The van der Waals surface area contributed by atoms with E-state index < -0.39 is 5.82 Å². The molecule has 0 bridgehead atoms. The van der Waals surface area contributed by atoms with Crippen LogP contribution in [0.1, 0.15) is 24.2 Å². The van der Waals surface area contributed by atoms with E-state index in [0.717, 1.165) is 5.56 Å². The number of anilines is 1. The van der Waals surface area contributed by atoms with Crippen LogP contribution in [0.3, 0.4) is 0 Å². The fourth-order valence-electron chi connectivity index (χ4n) is 2.11. The van der Waals surface area contributed by atoms with Crippen LogP contribution in [0, 0.1) is 17.1 Å². The summed E-state index contributed by atoms with van der Waals surface area (Å²) >= 11 is 0. The van der Waals surface area contributed by atoms with E-state index in [9.17, 15) is 4.39 Å². The van der Waals surface area contributed by atoms with Crippen LogP contribution >= 0.6 is 0 Å². The molecule has 0 heterocycles. The van der Waals surface area contributed by atoms with Gasteiger partial charge in [-0.05, 0) is 30.7 Å². The molecule has 0 aliphatic rings. The molecule has 1 atom stereocenters. The van der Waals surface area contributed by atoms with E-state index in [0.29, 0.717) is 24.4 Å². The Morgan fingerprint density at radius 1 is 1.24 bits per heavy atom. The zero-order valence-electron chi connectivity index (χ0n) is 11.8. The Hall–Kier alpha value is -2.38. The molecule has 0 saturated heterocycles. The molecule has 0 amide bonds. The van der Waals surface area contributed by atoms with Crippen molar-refractivity contribution in [2.75, 3.05) is 18.5 Å². The van der Waals surface area contributed by atoms with E-state index in [4.69, 9.17) is 10.00 Å². The van der Waals surface area contributed by atoms with Gasteiger partial charge in [0.2, 0.25) is 0 Å². The maximum Gasteiger partial charge on any atom is 0.124 e. The SMILES string of the molecule is CCOC(CNc1ccc(F)cc1C#N)c1ccccc1. The first-order chi connectivity index (χ1) is 10.2. The van der Waals surface area contributed by atoms with Crippen LogP contribution in [-0.2, 0) is 4.74 Å². The van der Waals surface area contributed by atoms with Gasteiger partial charge in [0.25, 0.3) is 0 Å². The highest BCUT2D eigenvalue weighted by molar-refractivity contribution is 5.57. The van der Waals surface area contributed by atoms with Crippen LogP contribution in [0.5, 0.6) is 0 Å². The second-order valence-electron chi connectivity index (χ2n) is 4.54. The van der Waals surface area contributed by atoms with Gasteiger partial charge >= 0.3 is 0 Å². The monoisotopic (exact) mass is 284 g/mol. The van der Waals surface area contributed by atoms with Gasteiger partial charge in [-0.25, -0.2) is 4.39 Å². The lowest BCUT2D eigenvalue weighted by Gasteiger charge is -2.19. The van der Waals surface area contributed by atoms with Gasteiger partial charge < -0.3 is 10.1 Å². The van der Waals surface area contributed by atoms with Crippen molar-refractivity contribution in [3.63, 3.8) is 0 Å². The molecule has 1 N–H and O–H groups in total. The van der Waals surface area contributed by atoms with Crippen molar-refractivity contribution in [3.8, 4) is 6.07 Å². The Labute approximate surface area is 124 Å². The molecule has 1 unspecified atom stereocenters. The molecule has 2 aromatic carbocycles. The summed E-state index contributed by atoms with van der Waals surface area (Å²) in [6, 6.07) is 16.0. The van der Waals surface area contributed by atoms with Crippen molar-refractivity contribution in [1.82, 2.24) is 0 Å². The van der Waals surface area contributed by atoms with Crippen LogP contribution in [0.15, 0.2) is 48.5 Å². The molecule has 0 aliphatic heterocycles. The molecule has 108 valence electrons. The third kappa shape index (κ3) is 4.04. The number of hydrogen-bond acceptors (Lipinski definition) is 3. The minimum atomic E-state index is -0.415. The quantitative estimate of drug-likeness (QED) is 0.875. The van der Waals surface area contributed by atoms with Crippen molar-refractivity contribution in [2.45, 2.75) is 13.0 Å². The normalized spacial score (nSPS) is 11.7. The highest BCUT2D eigenvalue weighted by Crippen LogP contribution is 2.21. The number of nitrogens with one attached hydrogen (secondary N) is 1. The van der Waals surface area contributed by atoms with Gasteiger partial charge in [0.05, 0.1) is 17.4 Å². The van der Waals surface area contributed by atoms with Gasteiger partial charge in [-0.15, -0.1) is 0 Å². The van der Waals surface area contributed by atoms with Crippen molar-refractivity contribution < 1.29 is 9.13 Å². The van der Waals surface area contributed by atoms with Gasteiger partial charge in [-0.3, -0.25) is 0 Å². The number of nitrogens with zero attached hydrogens (tertiary/aromatic N) is 1. The molecular weight excluding hydrogens is 267 g/mol. The highest BCUT2D eigenvalue weighted by atomic mass is 19.1. The lowest BCUT2D eigenvalue weighted by Crippen LogP contribution is -2.16. The first-order valence-electron chi connectivity index (χ1n) is 6.84. The van der Waals surface area contributed by atoms with E-state index >= 15 is 0 Å². The van der Waals surface area contributed by atoms with Crippen molar-refractivity contribution >= 4 is 5.69 Å². The van der Waals surface area contributed by atoms with Gasteiger partial charge in [-0.1, -0.05) is 30.3 Å². The maximum absolute atomic E-state index is 13.1. The fourth-order valence-corrected chi connectivity index (χ4v) is 2.11. The van der Waals surface area contributed by atoms with Crippen molar-refractivity contribution in [3.05, 3.63) is 65.5 Å². The number of benzene rings is 2. The molecule has 0 aromatic heterocycles. The van der Waals surface area contributed by atoms with Crippen LogP contribution in [0.4, 0.5) is 10.1 Å². The largest absolute Gasteiger partial charge is 0.381 e. The topological polar surface area (TPSA) is 45.0 Å². The predicted molar refractivity (Wildman–Crippen MR) is 80.4 cm³/mol. The van der Waals surface area contributed by atoms with E-state index in [1.807, 2.05) is 43.3 Å². The summed E-state index contributed by atoms with van der Waals surface area (Å²) in [7, 11) is 0. The van der Waals surface area contributed by atoms with Crippen LogP contribution in [0.2, 0.25) is 0 Å². The van der Waals surface area contributed by atoms with E-state index in [1.54, 1.807) is 6.07 Å². The zero-order chi connectivity index (χ0) is 15.1. The van der Waals surface area contributed by atoms with Crippen LogP contribution in [0.25, 0.3) is 0 Å². The maximum atomic E-state index is 13.1. The molecule has 0 saturated carbocycles. The molecule has 3 nitrogen and oxygen atoms in total. The third-order valence-corrected chi connectivity index (χ3v) is 3.12. The Morgan fingerprint density at radius 2 is 2.00 bits per heavy atom. The average Bonchev–Trinajstić information content (AvgIpc) is 2.53. The van der Waals surface area contributed by atoms with Gasteiger partial charge in [0.1, 0.15) is 11.9 Å². The summed E-state index contributed by atoms with van der Waals surface area (Å²) in [5, 5.41) is 12.2. The van der Waals surface area contributed by atoms with E-state index in [1.165, 1.54) is 12.1 Å². The zero-order valence-corrected chi connectivity index (χ0v) is 11.8. The molecule has 2 rings (SSSR count). The first-order valence-corrected chi connectivity index (χ1v) is 6.84. The highest BCUT2D eigenvalue weighted by Gasteiger charge is 2.12. The molecular formula is C17H17FN2O. The summed E-state index contributed by atoms with van der Waals surface area (Å²) in [5.74, 6) is -0.415. The lowest BCUT2D eigenvalue weighted by molar-refractivity contribution is 0.0719. The standard InChI is InChI=1S/C17H17FN2O/c1-2-21-17(13-6-4-3-5-7-13)12-20-16-9-8-15(18)10-14(16)11-19/h3-10,17,20H,2,12H2,1H3. The van der Waals surface area contributed by atoms with Crippen molar-refractivity contribution in [2.24, 2.45) is 0 Å². The summed E-state index contributed by atoms with van der Waals surface area (Å²) < 4.78 is 18.8. The van der Waals surface area contributed by atoms with Gasteiger partial charge in [0, 0.05) is 13.2 Å². The Morgan fingerprint density at radius 3 is 2.67 bits per heavy atom. The molecule has 2 aromatic rings. The van der Waals surface area contributed by atoms with Gasteiger partial charge in [-0.2, -0.15) is 5.26 Å². The van der Waals surface area contributed by atoms with E-state index in [-0.39, 0.29) is 6.10 Å². The second-order valence-corrected chi connectivity index (χ2v) is 4.54. The van der Waals surface area contributed by atoms with Crippen molar-refractivity contribution in [1.29, 1.82) is 5.26 Å². The molecule has 21 heavy (non-hydrogen) atoms. The lowest BCUT2D eigenvalue weighted by atomic mass is 10.1. The molecule has 0 radical (unpaired) electrons. The fraction of sp³-hybridized carbons (Fsp3) is 0.235. The Kier molecular flexibility index (Phi) is 5.30. The third-order valence-electron chi connectivity index (χ3n) is 3.12. The second kappa shape index (κ2) is 7.41. The Bertz CT molecular complexity index is 622. The van der Waals surface area contributed by atoms with Gasteiger partial charge in [0.15, 0.2) is 0 Å². The predicted octanol–water partition coefficient (Wildman–Crippen LogP) is 3.89. The Balaban J connectivity index is 2.11. The summed E-state index contributed by atoms with van der Waals surface area (Å²) in [5.41, 5.74) is 1.96. The minimum absolute atomic E-state index is 0.118. The number of nitriles is 1. The molecule has 0 fully saturated rings. The summed E-state index contributed by atoms with van der Waals surface area (Å²) in [4.78, 5) is 0. The summed E-state index contributed by atoms with van der Waals surface area (Å²) in [6.45, 7) is 3.04. The smallest absolute Gasteiger partial charge is 0.124 e. The first kappa shape index (κ1) is 15.0. The average molecular weight is 284 g/mol. The number of hydrogen-bond donors (Lipinski definition) is 1. The number of halogens is 1. The van der Waals surface area contributed by atoms with E-state index in [2.05, 4.69) is 5.32 Å². The summed E-state index contributed by atoms with van der Waals surface area (Å²) in [6.07, 6.45) is -0.118. The number of rotatable bonds is 6. The van der Waals surface area contributed by atoms with Crippen LogP contribution < -0.4 is 5.32 Å². The molecule has 0 aliphatic carbocycles.